The zero-order valence-corrected chi connectivity index (χ0v) is 10.5. The molecule has 2 aliphatic heterocycles. The highest BCUT2D eigenvalue weighted by Crippen LogP contribution is 2.37. The van der Waals surface area contributed by atoms with E-state index in [1.54, 1.807) is 0 Å². The van der Waals surface area contributed by atoms with Crippen molar-refractivity contribution in [1.82, 2.24) is 0 Å². The Morgan fingerprint density at radius 2 is 2.12 bits per heavy atom. The predicted octanol–water partition coefficient (Wildman–Crippen LogP) is 1.30. The first-order valence-electron chi connectivity index (χ1n) is 6.60. The monoisotopic (exact) mass is 242 g/mol. The van der Waals surface area contributed by atoms with Crippen molar-refractivity contribution in [3.8, 4) is 0 Å². The van der Waals surface area contributed by atoms with E-state index in [-0.39, 0.29) is 17.3 Å². The van der Waals surface area contributed by atoms with Crippen LogP contribution < -0.4 is 0 Å². The van der Waals surface area contributed by atoms with Gasteiger partial charge in [0.05, 0.1) is 5.60 Å². The van der Waals surface area contributed by atoms with Crippen LogP contribution >= 0.6 is 0 Å². The number of hydrogen-bond acceptors (Lipinski definition) is 4. The number of ketones is 1. The molecule has 0 aromatic rings. The molecule has 98 valence electrons. The van der Waals surface area contributed by atoms with Gasteiger partial charge < -0.3 is 14.6 Å². The van der Waals surface area contributed by atoms with Crippen LogP contribution in [0.1, 0.15) is 39.0 Å². The summed E-state index contributed by atoms with van der Waals surface area (Å²) in [5.74, 6) is -0.0292. The molecule has 0 saturated carbocycles. The fraction of sp³-hybridized carbons (Fsp3) is 0.923. The summed E-state index contributed by atoms with van der Waals surface area (Å²) in [6, 6.07) is 0. The van der Waals surface area contributed by atoms with E-state index in [4.69, 9.17) is 9.47 Å². The summed E-state index contributed by atoms with van der Waals surface area (Å²) >= 11 is 0. The SMILES string of the molecule is CCC(O)C(=O)C1CCOC2(CCOCC2)C1. The topological polar surface area (TPSA) is 55.8 Å². The Balaban J connectivity index is 1.98. The van der Waals surface area contributed by atoms with E-state index in [0.29, 0.717) is 13.0 Å². The van der Waals surface area contributed by atoms with E-state index >= 15 is 0 Å². The summed E-state index contributed by atoms with van der Waals surface area (Å²) in [7, 11) is 0. The molecule has 17 heavy (non-hydrogen) atoms. The van der Waals surface area contributed by atoms with Crippen LogP contribution in [0.15, 0.2) is 0 Å². The lowest BCUT2D eigenvalue weighted by atomic mass is 9.78. The predicted molar refractivity (Wildman–Crippen MR) is 62.8 cm³/mol. The van der Waals surface area contributed by atoms with Gasteiger partial charge in [-0.05, 0) is 32.1 Å². The summed E-state index contributed by atoms with van der Waals surface area (Å²) in [5, 5.41) is 9.65. The Morgan fingerprint density at radius 3 is 2.76 bits per heavy atom. The molecule has 2 fully saturated rings. The van der Waals surface area contributed by atoms with Crippen LogP contribution in [0.3, 0.4) is 0 Å². The van der Waals surface area contributed by atoms with Crippen molar-refractivity contribution in [2.75, 3.05) is 19.8 Å². The maximum Gasteiger partial charge on any atom is 0.164 e. The maximum atomic E-state index is 12.0. The number of carbonyl (C=O) groups excluding carboxylic acids is 1. The first kappa shape index (κ1) is 13.0. The standard InChI is InChI=1S/C13H22O4/c1-2-11(14)12(15)10-3-6-17-13(9-10)4-7-16-8-5-13/h10-11,14H,2-9H2,1H3. The molecule has 1 spiro atoms. The molecular weight excluding hydrogens is 220 g/mol. The van der Waals surface area contributed by atoms with Gasteiger partial charge in [0.15, 0.2) is 5.78 Å². The van der Waals surface area contributed by atoms with Crippen LogP contribution in [0.4, 0.5) is 0 Å². The van der Waals surface area contributed by atoms with E-state index < -0.39 is 6.10 Å². The number of aliphatic hydroxyl groups is 1. The second kappa shape index (κ2) is 5.46. The average molecular weight is 242 g/mol. The number of carbonyl (C=O) groups is 1. The molecule has 2 heterocycles. The summed E-state index contributed by atoms with van der Waals surface area (Å²) < 4.78 is 11.2. The zero-order chi connectivity index (χ0) is 12.3. The molecule has 2 rings (SSSR count). The van der Waals surface area contributed by atoms with Crippen LogP contribution in [0.5, 0.6) is 0 Å². The molecule has 4 heteroatoms. The van der Waals surface area contributed by atoms with Crippen LogP contribution in [-0.4, -0.2) is 42.4 Å². The lowest BCUT2D eigenvalue weighted by Gasteiger charge is -2.43. The number of rotatable bonds is 3. The lowest BCUT2D eigenvalue weighted by molar-refractivity contribution is -0.161. The number of hydrogen-bond donors (Lipinski definition) is 1. The molecule has 2 saturated heterocycles. The van der Waals surface area contributed by atoms with E-state index in [2.05, 4.69) is 0 Å². The molecule has 4 nitrogen and oxygen atoms in total. The summed E-state index contributed by atoms with van der Waals surface area (Å²) in [5.41, 5.74) is -0.162. The first-order valence-corrected chi connectivity index (χ1v) is 6.60. The van der Waals surface area contributed by atoms with Crippen molar-refractivity contribution in [2.24, 2.45) is 5.92 Å². The van der Waals surface area contributed by atoms with Gasteiger partial charge in [0.2, 0.25) is 0 Å². The number of Topliss-reactive ketones (excluding diaryl/α,β-unsaturated/α-hetero) is 1. The van der Waals surface area contributed by atoms with Crippen molar-refractivity contribution in [3.63, 3.8) is 0 Å². The molecule has 0 aromatic carbocycles. The quantitative estimate of drug-likeness (QED) is 0.810. The van der Waals surface area contributed by atoms with Gasteiger partial charge in [-0.1, -0.05) is 6.92 Å². The Labute approximate surface area is 102 Å². The molecule has 0 aliphatic carbocycles. The molecule has 2 unspecified atom stereocenters. The maximum absolute atomic E-state index is 12.0. The molecular formula is C13H22O4. The Kier molecular flexibility index (Phi) is 4.17. The molecule has 0 radical (unpaired) electrons. The van der Waals surface area contributed by atoms with Gasteiger partial charge in [-0.25, -0.2) is 0 Å². The summed E-state index contributed by atoms with van der Waals surface area (Å²) in [6.07, 6.45) is 2.96. The minimum Gasteiger partial charge on any atom is -0.385 e. The minimum absolute atomic E-state index is 0.00154. The Morgan fingerprint density at radius 1 is 1.41 bits per heavy atom. The molecule has 2 atom stereocenters. The first-order chi connectivity index (χ1) is 8.17. The van der Waals surface area contributed by atoms with Gasteiger partial charge in [-0.15, -0.1) is 0 Å². The third-order valence-corrected chi connectivity index (χ3v) is 4.01. The minimum atomic E-state index is -0.796. The van der Waals surface area contributed by atoms with Crippen molar-refractivity contribution < 1.29 is 19.4 Å². The molecule has 1 N–H and O–H groups in total. The van der Waals surface area contributed by atoms with E-state index in [0.717, 1.165) is 38.9 Å². The molecule has 0 bridgehead atoms. The van der Waals surface area contributed by atoms with Crippen molar-refractivity contribution >= 4 is 5.78 Å². The fourth-order valence-electron chi connectivity index (χ4n) is 2.84. The normalized spacial score (nSPS) is 30.1. The lowest BCUT2D eigenvalue weighted by Crippen LogP contribution is -2.47. The zero-order valence-electron chi connectivity index (χ0n) is 10.5. The van der Waals surface area contributed by atoms with E-state index in [1.807, 2.05) is 6.92 Å². The molecule has 0 aromatic heterocycles. The summed E-state index contributed by atoms with van der Waals surface area (Å²) in [4.78, 5) is 12.0. The van der Waals surface area contributed by atoms with E-state index in [1.165, 1.54) is 0 Å². The smallest absolute Gasteiger partial charge is 0.164 e. The fourth-order valence-corrected chi connectivity index (χ4v) is 2.84. The third kappa shape index (κ3) is 2.87. The van der Waals surface area contributed by atoms with Gasteiger partial charge >= 0.3 is 0 Å². The van der Waals surface area contributed by atoms with Crippen LogP contribution in [0.25, 0.3) is 0 Å². The largest absolute Gasteiger partial charge is 0.385 e. The van der Waals surface area contributed by atoms with Crippen LogP contribution in [-0.2, 0) is 14.3 Å². The van der Waals surface area contributed by atoms with E-state index in [9.17, 15) is 9.90 Å². The van der Waals surface area contributed by atoms with Gasteiger partial charge in [-0.2, -0.15) is 0 Å². The van der Waals surface area contributed by atoms with Gasteiger partial charge in [0.1, 0.15) is 6.10 Å². The molecule has 2 aliphatic rings. The van der Waals surface area contributed by atoms with Gasteiger partial charge in [0.25, 0.3) is 0 Å². The summed E-state index contributed by atoms with van der Waals surface area (Å²) in [6.45, 7) is 3.91. The Hall–Kier alpha value is -0.450. The van der Waals surface area contributed by atoms with Crippen molar-refractivity contribution in [3.05, 3.63) is 0 Å². The second-order valence-electron chi connectivity index (χ2n) is 5.16. The number of ether oxygens (including phenoxy) is 2. The van der Waals surface area contributed by atoms with Gasteiger partial charge in [-0.3, -0.25) is 4.79 Å². The third-order valence-electron chi connectivity index (χ3n) is 4.01. The number of aliphatic hydroxyl groups excluding tert-OH is 1. The van der Waals surface area contributed by atoms with Crippen molar-refractivity contribution in [1.29, 1.82) is 0 Å². The average Bonchev–Trinajstić information content (AvgIpc) is 2.38. The highest BCUT2D eigenvalue weighted by atomic mass is 16.5. The second-order valence-corrected chi connectivity index (χ2v) is 5.16. The van der Waals surface area contributed by atoms with Crippen molar-refractivity contribution in [2.45, 2.75) is 50.7 Å². The molecule has 0 amide bonds. The van der Waals surface area contributed by atoms with Gasteiger partial charge in [0, 0.05) is 25.7 Å². The Bertz CT molecular complexity index is 265. The highest BCUT2D eigenvalue weighted by molar-refractivity contribution is 5.85. The highest BCUT2D eigenvalue weighted by Gasteiger charge is 2.41. The van der Waals surface area contributed by atoms with Crippen LogP contribution in [0.2, 0.25) is 0 Å². The van der Waals surface area contributed by atoms with Crippen LogP contribution in [0, 0.1) is 5.92 Å².